The summed E-state index contributed by atoms with van der Waals surface area (Å²) in [4.78, 5) is 19.4. The number of fused-ring (bicyclic) bond motifs is 1. The molecule has 1 fully saturated rings. The molecule has 0 spiro atoms. The van der Waals surface area contributed by atoms with Crippen LogP contribution in [0.4, 0.5) is 0 Å². The Morgan fingerprint density at radius 3 is 2.92 bits per heavy atom. The number of aromatic nitrogens is 1. The Morgan fingerprint density at radius 2 is 2.19 bits per heavy atom. The van der Waals surface area contributed by atoms with Crippen molar-refractivity contribution >= 4 is 16.7 Å². The number of nitrogens with one attached hydrogen (secondary N) is 1. The summed E-state index contributed by atoms with van der Waals surface area (Å²) in [6.07, 6.45) is 4.74. The summed E-state index contributed by atoms with van der Waals surface area (Å²) >= 11 is 0. The molecule has 1 amide bonds. The Morgan fingerprint density at radius 1 is 1.38 bits per heavy atom. The molecule has 5 nitrogen and oxygen atoms in total. The van der Waals surface area contributed by atoms with E-state index >= 15 is 0 Å². The van der Waals surface area contributed by atoms with Gasteiger partial charge in [0.15, 0.2) is 0 Å². The van der Waals surface area contributed by atoms with Crippen LogP contribution in [0.1, 0.15) is 25.5 Å². The van der Waals surface area contributed by atoms with Gasteiger partial charge in [-0.3, -0.25) is 9.78 Å². The minimum atomic E-state index is -0.175. The van der Waals surface area contributed by atoms with Crippen LogP contribution in [0, 0.1) is 5.92 Å². The summed E-state index contributed by atoms with van der Waals surface area (Å²) < 4.78 is 5.69. The number of carbonyl (C=O) groups is 1. The summed E-state index contributed by atoms with van der Waals surface area (Å²) in [5.74, 6) is -0.122. The van der Waals surface area contributed by atoms with Gasteiger partial charge in [0.05, 0.1) is 12.0 Å². The van der Waals surface area contributed by atoms with E-state index in [1.807, 2.05) is 31.3 Å². The third-order valence-corrected chi connectivity index (χ3v) is 5.55. The van der Waals surface area contributed by atoms with E-state index in [4.69, 9.17) is 4.74 Å². The van der Waals surface area contributed by atoms with Gasteiger partial charge in [-0.25, -0.2) is 0 Å². The first kappa shape index (κ1) is 18.8. The Hall–Kier alpha value is -1.98. The lowest BCUT2D eigenvalue weighted by Crippen LogP contribution is -2.47. The summed E-state index contributed by atoms with van der Waals surface area (Å²) in [7, 11) is 3.82. The molecule has 1 aromatic carbocycles. The molecular weight excluding hydrogens is 326 g/mol. The molecule has 26 heavy (non-hydrogen) atoms. The van der Waals surface area contributed by atoms with Crippen LogP contribution in [0.15, 0.2) is 36.5 Å². The van der Waals surface area contributed by atoms with E-state index < -0.39 is 0 Å². The first-order valence-electron chi connectivity index (χ1n) is 9.45. The van der Waals surface area contributed by atoms with E-state index in [-0.39, 0.29) is 17.9 Å². The molecule has 0 bridgehead atoms. The van der Waals surface area contributed by atoms with Gasteiger partial charge >= 0.3 is 0 Å². The van der Waals surface area contributed by atoms with E-state index in [0.717, 1.165) is 30.5 Å². The van der Waals surface area contributed by atoms with Crippen molar-refractivity contribution in [3.8, 4) is 0 Å². The fourth-order valence-corrected chi connectivity index (χ4v) is 4.04. The first-order chi connectivity index (χ1) is 12.6. The molecule has 0 aliphatic carbocycles. The summed E-state index contributed by atoms with van der Waals surface area (Å²) in [6, 6.07) is 10.6. The van der Waals surface area contributed by atoms with E-state index in [1.165, 1.54) is 11.8 Å². The number of likely N-dealkylation sites (tertiary alicyclic amines) is 1. The van der Waals surface area contributed by atoms with E-state index in [2.05, 4.69) is 34.4 Å². The highest BCUT2D eigenvalue weighted by molar-refractivity contribution is 5.84. The van der Waals surface area contributed by atoms with Crippen LogP contribution in [-0.2, 0) is 16.0 Å². The van der Waals surface area contributed by atoms with Crippen LogP contribution in [-0.4, -0.2) is 55.2 Å². The Kier molecular flexibility index (Phi) is 6.22. The van der Waals surface area contributed by atoms with Crippen molar-refractivity contribution in [3.63, 3.8) is 0 Å². The molecule has 1 N–H and O–H groups in total. The van der Waals surface area contributed by atoms with Gasteiger partial charge in [-0.1, -0.05) is 31.2 Å². The molecular formula is C21H29N3O2. The lowest BCUT2D eigenvalue weighted by molar-refractivity contribution is -0.130. The molecule has 0 radical (unpaired) electrons. The number of hydrogen-bond donors (Lipinski definition) is 1. The average Bonchev–Trinajstić information content (AvgIpc) is 3.08. The van der Waals surface area contributed by atoms with Gasteiger partial charge < -0.3 is 15.0 Å². The van der Waals surface area contributed by atoms with Crippen molar-refractivity contribution < 1.29 is 9.53 Å². The Balaban J connectivity index is 1.57. The zero-order valence-corrected chi connectivity index (χ0v) is 15.9. The summed E-state index contributed by atoms with van der Waals surface area (Å²) in [6.45, 7) is 3.62. The van der Waals surface area contributed by atoms with Crippen LogP contribution in [0.5, 0.6) is 0 Å². The molecule has 3 unspecified atom stereocenters. The highest BCUT2D eigenvalue weighted by Gasteiger charge is 2.35. The lowest BCUT2D eigenvalue weighted by atomic mass is 9.95. The maximum Gasteiger partial charge on any atom is 0.225 e. The Bertz CT molecular complexity index is 744. The molecule has 0 saturated carbocycles. The van der Waals surface area contributed by atoms with E-state index in [1.54, 1.807) is 7.11 Å². The van der Waals surface area contributed by atoms with Gasteiger partial charge in [-0.2, -0.15) is 0 Å². The quantitative estimate of drug-likeness (QED) is 0.830. The molecule has 3 rings (SSSR count). The Labute approximate surface area is 155 Å². The fourth-order valence-electron chi connectivity index (χ4n) is 4.04. The molecule has 140 valence electrons. The molecule has 1 aliphatic heterocycles. The van der Waals surface area contributed by atoms with Crippen LogP contribution in [0.2, 0.25) is 0 Å². The monoisotopic (exact) mass is 355 g/mol. The predicted octanol–water partition coefficient (Wildman–Crippen LogP) is 2.64. The molecule has 5 heteroatoms. The molecule has 3 atom stereocenters. The van der Waals surface area contributed by atoms with Crippen molar-refractivity contribution in [2.75, 3.05) is 27.2 Å². The molecule has 1 aliphatic rings. The van der Waals surface area contributed by atoms with Crippen LogP contribution >= 0.6 is 0 Å². The van der Waals surface area contributed by atoms with Crippen molar-refractivity contribution in [1.29, 1.82) is 0 Å². The minimum Gasteiger partial charge on any atom is -0.379 e. The van der Waals surface area contributed by atoms with Gasteiger partial charge in [-0.05, 0) is 37.9 Å². The maximum atomic E-state index is 12.6. The highest BCUT2D eigenvalue weighted by Crippen LogP contribution is 2.24. The molecule has 2 aromatic rings. The standard InChI is InChI=1S/C21H29N3O2/c1-15(20(26-3)19-9-6-14-24(19)2)21(25)23-13-11-18-17-8-5-4-7-16(17)10-12-22-18/h4-5,7-8,10,12,15,19-20H,6,9,11,13-14H2,1-3H3,(H,23,25). The average molecular weight is 355 g/mol. The molecule has 1 aromatic heterocycles. The van der Waals surface area contributed by atoms with Crippen LogP contribution < -0.4 is 5.32 Å². The topological polar surface area (TPSA) is 54.5 Å². The number of rotatable bonds is 7. The number of amides is 1. The molecule has 2 heterocycles. The maximum absolute atomic E-state index is 12.6. The number of nitrogens with zero attached hydrogens (tertiary/aromatic N) is 2. The highest BCUT2D eigenvalue weighted by atomic mass is 16.5. The van der Waals surface area contributed by atoms with Crippen molar-refractivity contribution in [2.24, 2.45) is 5.92 Å². The predicted molar refractivity (Wildman–Crippen MR) is 104 cm³/mol. The number of pyridine rings is 1. The van der Waals surface area contributed by atoms with E-state index in [0.29, 0.717) is 12.6 Å². The van der Waals surface area contributed by atoms with Crippen LogP contribution in [0.3, 0.4) is 0 Å². The number of methoxy groups -OCH3 is 1. The molecule has 1 saturated heterocycles. The number of benzene rings is 1. The van der Waals surface area contributed by atoms with Gasteiger partial charge in [0.2, 0.25) is 5.91 Å². The first-order valence-corrected chi connectivity index (χ1v) is 9.45. The normalized spacial score (nSPS) is 20.2. The largest absolute Gasteiger partial charge is 0.379 e. The summed E-state index contributed by atoms with van der Waals surface area (Å²) in [5.41, 5.74) is 1.02. The fraction of sp³-hybridized carbons (Fsp3) is 0.524. The van der Waals surface area contributed by atoms with Gasteiger partial charge in [0, 0.05) is 43.4 Å². The second kappa shape index (κ2) is 8.60. The number of likely N-dealkylation sites (N-methyl/N-ethyl adjacent to an activating group) is 1. The van der Waals surface area contributed by atoms with Crippen LogP contribution in [0.25, 0.3) is 10.8 Å². The number of hydrogen-bond acceptors (Lipinski definition) is 4. The zero-order valence-electron chi connectivity index (χ0n) is 15.9. The third kappa shape index (κ3) is 4.05. The lowest BCUT2D eigenvalue weighted by Gasteiger charge is -2.31. The number of carbonyl (C=O) groups excluding carboxylic acids is 1. The number of ether oxygens (including phenoxy) is 1. The zero-order chi connectivity index (χ0) is 18.5. The third-order valence-electron chi connectivity index (χ3n) is 5.55. The van der Waals surface area contributed by atoms with Gasteiger partial charge in [0.25, 0.3) is 0 Å². The smallest absolute Gasteiger partial charge is 0.225 e. The minimum absolute atomic E-state index is 0.0531. The van der Waals surface area contributed by atoms with E-state index in [9.17, 15) is 4.79 Å². The second-order valence-electron chi connectivity index (χ2n) is 7.20. The summed E-state index contributed by atoms with van der Waals surface area (Å²) in [5, 5.41) is 5.41. The van der Waals surface area contributed by atoms with Crippen molar-refractivity contribution in [3.05, 3.63) is 42.2 Å². The van der Waals surface area contributed by atoms with Crippen molar-refractivity contribution in [2.45, 2.75) is 38.3 Å². The van der Waals surface area contributed by atoms with Gasteiger partial charge in [-0.15, -0.1) is 0 Å². The van der Waals surface area contributed by atoms with Gasteiger partial charge in [0.1, 0.15) is 0 Å². The SMILES string of the molecule is COC(C(C)C(=O)NCCc1nccc2ccccc12)C1CCCN1C. The second-order valence-corrected chi connectivity index (χ2v) is 7.20. The van der Waals surface area contributed by atoms with Crippen molar-refractivity contribution in [1.82, 2.24) is 15.2 Å².